The number of ketones is 1. The number of carbonyl (C=O) groups is 2. The van der Waals surface area contributed by atoms with Gasteiger partial charge in [-0.2, -0.15) is 4.31 Å². The van der Waals surface area contributed by atoms with E-state index < -0.39 is 16.1 Å². The molecule has 0 aromatic heterocycles. The fourth-order valence-electron chi connectivity index (χ4n) is 3.02. The number of likely N-dealkylation sites (N-methyl/N-ethyl adjacent to an activating group) is 1. The molecule has 1 heterocycles. The summed E-state index contributed by atoms with van der Waals surface area (Å²) in [5.41, 5.74) is 0.459. The number of benzene rings is 1. The van der Waals surface area contributed by atoms with E-state index in [1.54, 1.807) is 0 Å². The molecule has 0 radical (unpaired) electrons. The third-order valence-corrected chi connectivity index (χ3v) is 6.40. The lowest BCUT2D eigenvalue weighted by Crippen LogP contribution is -2.52. The summed E-state index contributed by atoms with van der Waals surface area (Å²) in [4.78, 5) is 24.0. The van der Waals surface area contributed by atoms with Crippen molar-refractivity contribution >= 4 is 21.7 Å². The SMILES string of the molecule is CCNCCNC(=O)C1CCCCN1S(=O)(=O)c1ccc(C(C)=O)cc1. The number of Topliss-reactive ketones (excluding diaryl/α,β-unsaturated/α-hetero) is 1. The Labute approximate surface area is 155 Å². The van der Waals surface area contributed by atoms with Crippen molar-refractivity contribution in [3.8, 4) is 0 Å². The number of rotatable bonds is 8. The van der Waals surface area contributed by atoms with Crippen molar-refractivity contribution in [2.24, 2.45) is 0 Å². The van der Waals surface area contributed by atoms with Crippen LogP contribution in [0.4, 0.5) is 0 Å². The third-order valence-electron chi connectivity index (χ3n) is 4.47. The summed E-state index contributed by atoms with van der Waals surface area (Å²) in [7, 11) is -3.79. The Morgan fingerprint density at radius 3 is 2.46 bits per heavy atom. The number of nitrogens with one attached hydrogen (secondary N) is 2. The van der Waals surface area contributed by atoms with Gasteiger partial charge >= 0.3 is 0 Å². The van der Waals surface area contributed by atoms with Crippen LogP contribution in [-0.2, 0) is 14.8 Å². The van der Waals surface area contributed by atoms with E-state index in [0.29, 0.717) is 31.6 Å². The molecule has 1 atom stereocenters. The van der Waals surface area contributed by atoms with Gasteiger partial charge in [-0.3, -0.25) is 9.59 Å². The smallest absolute Gasteiger partial charge is 0.243 e. The van der Waals surface area contributed by atoms with Crippen LogP contribution in [0.2, 0.25) is 0 Å². The van der Waals surface area contributed by atoms with Crippen molar-refractivity contribution in [1.82, 2.24) is 14.9 Å². The third kappa shape index (κ3) is 4.90. The van der Waals surface area contributed by atoms with Gasteiger partial charge in [-0.1, -0.05) is 25.5 Å². The number of piperidine rings is 1. The molecule has 1 aliphatic rings. The lowest BCUT2D eigenvalue weighted by Gasteiger charge is -2.33. The van der Waals surface area contributed by atoms with E-state index in [2.05, 4.69) is 10.6 Å². The number of hydrogen-bond donors (Lipinski definition) is 2. The van der Waals surface area contributed by atoms with Crippen molar-refractivity contribution in [2.45, 2.75) is 44.0 Å². The first-order valence-electron chi connectivity index (χ1n) is 8.99. The highest BCUT2D eigenvalue weighted by atomic mass is 32.2. The standard InChI is InChI=1S/C18H27N3O4S/c1-3-19-11-12-20-18(23)17-6-4-5-13-21(17)26(24,25)16-9-7-15(8-10-16)14(2)22/h7-10,17,19H,3-6,11-13H2,1-2H3,(H,20,23). The van der Waals surface area contributed by atoms with Crippen LogP contribution in [0, 0.1) is 0 Å². The molecule has 1 aliphatic heterocycles. The van der Waals surface area contributed by atoms with Gasteiger partial charge in [0.1, 0.15) is 6.04 Å². The Hall–Kier alpha value is -1.77. The lowest BCUT2D eigenvalue weighted by atomic mass is 10.0. The first-order valence-corrected chi connectivity index (χ1v) is 10.4. The summed E-state index contributed by atoms with van der Waals surface area (Å²) < 4.78 is 27.3. The van der Waals surface area contributed by atoms with Gasteiger partial charge in [0.25, 0.3) is 0 Å². The molecule has 0 aliphatic carbocycles. The maximum atomic E-state index is 13.0. The summed E-state index contributed by atoms with van der Waals surface area (Å²) >= 11 is 0. The number of nitrogens with zero attached hydrogens (tertiary/aromatic N) is 1. The largest absolute Gasteiger partial charge is 0.353 e. The molecule has 7 nitrogen and oxygen atoms in total. The van der Waals surface area contributed by atoms with Crippen LogP contribution in [0.1, 0.15) is 43.5 Å². The lowest BCUT2D eigenvalue weighted by molar-refractivity contribution is -0.125. The molecule has 0 saturated carbocycles. The highest BCUT2D eigenvalue weighted by molar-refractivity contribution is 7.89. The van der Waals surface area contributed by atoms with Crippen LogP contribution in [0.3, 0.4) is 0 Å². The van der Waals surface area contributed by atoms with Gasteiger partial charge in [0, 0.05) is 25.2 Å². The fourth-order valence-corrected chi connectivity index (χ4v) is 4.68. The monoisotopic (exact) mass is 381 g/mol. The molecule has 1 aromatic carbocycles. The summed E-state index contributed by atoms with van der Waals surface area (Å²) in [5, 5.41) is 5.93. The van der Waals surface area contributed by atoms with Gasteiger partial charge in [0.2, 0.25) is 15.9 Å². The van der Waals surface area contributed by atoms with Crippen molar-refractivity contribution in [1.29, 1.82) is 0 Å². The first-order chi connectivity index (χ1) is 12.4. The minimum absolute atomic E-state index is 0.106. The highest BCUT2D eigenvalue weighted by Crippen LogP contribution is 2.25. The Kier molecular flexibility index (Phi) is 7.31. The van der Waals surface area contributed by atoms with E-state index >= 15 is 0 Å². The zero-order chi connectivity index (χ0) is 19.2. The van der Waals surface area contributed by atoms with Crippen LogP contribution >= 0.6 is 0 Å². The molecule has 0 spiro atoms. The van der Waals surface area contributed by atoms with Crippen molar-refractivity contribution in [3.63, 3.8) is 0 Å². The maximum Gasteiger partial charge on any atom is 0.243 e. The van der Waals surface area contributed by atoms with E-state index in [9.17, 15) is 18.0 Å². The average molecular weight is 381 g/mol. The molecule has 26 heavy (non-hydrogen) atoms. The molecule has 144 valence electrons. The number of hydrogen-bond acceptors (Lipinski definition) is 5. The zero-order valence-electron chi connectivity index (χ0n) is 15.3. The molecule has 1 saturated heterocycles. The first kappa shape index (κ1) is 20.5. The van der Waals surface area contributed by atoms with Gasteiger partial charge < -0.3 is 10.6 Å². The summed E-state index contributed by atoms with van der Waals surface area (Å²) in [6.07, 6.45) is 2.06. The van der Waals surface area contributed by atoms with Crippen LogP contribution < -0.4 is 10.6 Å². The number of amides is 1. The minimum Gasteiger partial charge on any atom is -0.353 e. The quantitative estimate of drug-likeness (QED) is 0.520. The van der Waals surface area contributed by atoms with E-state index in [-0.39, 0.29) is 16.6 Å². The van der Waals surface area contributed by atoms with Crippen LogP contribution in [0.25, 0.3) is 0 Å². The van der Waals surface area contributed by atoms with Crippen LogP contribution in [0.15, 0.2) is 29.2 Å². The Morgan fingerprint density at radius 1 is 1.15 bits per heavy atom. The van der Waals surface area contributed by atoms with E-state index in [0.717, 1.165) is 19.4 Å². The topological polar surface area (TPSA) is 95.6 Å². The Bertz CT molecular complexity index is 731. The Morgan fingerprint density at radius 2 is 1.85 bits per heavy atom. The van der Waals surface area contributed by atoms with Gasteiger partial charge in [-0.25, -0.2) is 8.42 Å². The molecule has 1 aromatic rings. The van der Waals surface area contributed by atoms with Gasteiger partial charge in [-0.15, -0.1) is 0 Å². The number of sulfonamides is 1. The predicted molar refractivity (Wildman–Crippen MR) is 99.5 cm³/mol. The second-order valence-electron chi connectivity index (χ2n) is 6.35. The van der Waals surface area contributed by atoms with E-state index in [4.69, 9.17) is 0 Å². The average Bonchev–Trinajstić information content (AvgIpc) is 2.65. The second kappa shape index (κ2) is 9.25. The van der Waals surface area contributed by atoms with Crippen molar-refractivity contribution < 1.29 is 18.0 Å². The van der Waals surface area contributed by atoms with E-state index in [1.165, 1.54) is 35.5 Å². The highest BCUT2D eigenvalue weighted by Gasteiger charge is 2.37. The predicted octanol–water partition coefficient (Wildman–Crippen LogP) is 1.16. The van der Waals surface area contributed by atoms with Gasteiger partial charge in [0.15, 0.2) is 5.78 Å². The maximum absolute atomic E-state index is 13.0. The molecule has 2 N–H and O–H groups in total. The van der Waals surface area contributed by atoms with Gasteiger partial charge in [-0.05, 0) is 38.4 Å². The zero-order valence-corrected chi connectivity index (χ0v) is 16.1. The van der Waals surface area contributed by atoms with Gasteiger partial charge in [0.05, 0.1) is 4.90 Å². The van der Waals surface area contributed by atoms with Crippen LogP contribution in [-0.4, -0.2) is 56.6 Å². The van der Waals surface area contributed by atoms with Crippen LogP contribution in [0.5, 0.6) is 0 Å². The molecule has 0 bridgehead atoms. The number of carbonyl (C=O) groups excluding carboxylic acids is 2. The minimum atomic E-state index is -3.79. The van der Waals surface area contributed by atoms with E-state index in [1.807, 2.05) is 6.92 Å². The Balaban J connectivity index is 2.16. The summed E-state index contributed by atoms with van der Waals surface area (Å²) in [6, 6.07) is 5.18. The summed E-state index contributed by atoms with van der Waals surface area (Å²) in [5.74, 6) is -0.378. The molecule has 1 fully saturated rings. The molecular weight excluding hydrogens is 354 g/mol. The molecular formula is C18H27N3O4S. The fraction of sp³-hybridized carbons (Fsp3) is 0.556. The molecule has 8 heteroatoms. The second-order valence-corrected chi connectivity index (χ2v) is 8.24. The molecule has 1 unspecified atom stereocenters. The molecule has 1 amide bonds. The summed E-state index contributed by atoms with van der Waals surface area (Å²) in [6.45, 7) is 5.66. The normalized spacial score (nSPS) is 18.5. The van der Waals surface area contributed by atoms with Crippen molar-refractivity contribution in [2.75, 3.05) is 26.2 Å². The molecule has 2 rings (SSSR count). The van der Waals surface area contributed by atoms with Crippen molar-refractivity contribution in [3.05, 3.63) is 29.8 Å².